The molecule has 1 saturated heterocycles. The lowest BCUT2D eigenvalue weighted by molar-refractivity contribution is 0.114. The molecule has 1 aliphatic rings. The lowest BCUT2D eigenvalue weighted by Crippen LogP contribution is -2.45. The van der Waals surface area contributed by atoms with Gasteiger partial charge in [-0.15, -0.1) is 24.0 Å². The molecule has 0 bridgehead atoms. The summed E-state index contributed by atoms with van der Waals surface area (Å²) in [4.78, 5) is 4.29. The van der Waals surface area contributed by atoms with Crippen molar-refractivity contribution in [1.82, 2.24) is 10.6 Å². The smallest absolute Gasteiger partial charge is 0.191 e. The van der Waals surface area contributed by atoms with Gasteiger partial charge in [0, 0.05) is 36.6 Å². The molecule has 0 aliphatic carbocycles. The Labute approximate surface area is 165 Å². The molecule has 0 aromatic heterocycles. The van der Waals surface area contributed by atoms with Crippen molar-refractivity contribution < 1.29 is 4.74 Å². The first kappa shape index (κ1) is 20.7. The van der Waals surface area contributed by atoms with Crippen molar-refractivity contribution in [2.75, 3.05) is 26.7 Å². The van der Waals surface area contributed by atoms with Gasteiger partial charge in [0.1, 0.15) is 0 Å². The van der Waals surface area contributed by atoms with E-state index in [-0.39, 0.29) is 29.4 Å². The fourth-order valence-electron chi connectivity index (χ4n) is 2.54. The molecule has 0 amide bonds. The average molecular weight is 496 g/mol. The van der Waals surface area contributed by atoms with Gasteiger partial charge in [-0.25, -0.2) is 0 Å². The number of guanidine groups is 1. The van der Waals surface area contributed by atoms with Crippen LogP contribution in [-0.2, 0) is 10.2 Å². The van der Waals surface area contributed by atoms with Crippen LogP contribution in [0, 0.1) is 0 Å². The number of halogens is 2. The summed E-state index contributed by atoms with van der Waals surface area (Å²) in [6, 6.07) is 8.49. The van der Waals surface area contributed by atoms with E-state index in [1.165, 1.54) is 5.56 Å². The molecular formula is C17H27BrIN3O. The molecule has 0 radical (unpaired) electrons. The Morgan fingerprint density at radius 1 is 1.30 bits per heavy atom. The molecule has 1 fully saturated rings. The molecule has 2 rings (SSSR count). The van der Waals surface area contributed by atoms with Crippen LogP contribution < -0.4 is 10.6 Å². The summed E-state index contributed by atoms with van der Waals surface area (Å²) >= 11 is 3.48. The van der Waals surface area contributed by atoms with Crippen LogP contribution in [0.1, 0.15) is 32.3 Å². The first-order valence-corrected chi connectivity index (χ1v) is 8.63. The fraction of sp³-hybridized carbons (Fsp3) is 0.588. The van der Waals surface area contributed by atoms with Crippen LogP contribution in [0.15, 0.2) is 33.7 Å². The largest absolute Gasteiger partial charge is 0.376 e. The number of nitrogens with zero attached hydrogens (tertiary/aromatic N) is 1. The summed E-state index contributed by atoms with van der Waals surface area (Å²) in [5.74, 6) is 0.834. The van der Waals surface area contributed by atoms with Crippen LogP contribution in [0.5, 0.6) is 0 Å². The van der Waals surface area contributed by atoms with Crippen LogP contribution in [0.3, 0.4) is 0 Å². The minimum atomic E-state index is 0. The van der Waals surface area contributed by atoms with Crippen LogP contribution in [-0.4, -0.2) is 38.8 Å². The summed E-state index contributed by atoms with van der Waals surface area (Å²) in [5.41, 5.74) is 1.33. The molecular weight excluding hydrogens is 469 g/mol. The molecule has 2 N–H and O–H groups in total. The fourth-order valence-corrected chi connectivity index (χ4v) is 2.81. The minimum Gasteiger partial charge on any atom is -0.376 e. The van der Waals surface area contributed by atoms with Crippen molar-refractivity contribution in [1.29, 1.82) is 0 Å². The molecule has 1 atom stereocenters. The number of rotatable bonds is 5. The quantitative estimate of drug-likeness (QED) is 0.372. The first-order chi connectivity index (χ1) is 10.5. The minimum absolute atomic E-state index is 0. The summed E-state index contributed by atoms with van der Waals surface area (Å²) in [6.45, 7) is 6.99. The highest BCUT2D eigenvalue weighted by atomic mass is 127. The lowest BCUT2D eigenvalue weighted by Gasteiger charge is -2.27. The molecule has 0 spiro atoms. The Morgan fingerprint density at radius 3 is 2.57 bits per heavy atom. The molecule has 130 valence electrons. The van der Waals surface area contributed by atoms with E-state index in [1.807, 2.05) is 0 Å². The number of nitrogens with one attached hydrogen (secondary N) is 2. The molecule has 6 heteroatoms. The summed E-state index contributed by atoms with van der Waals surface area (Å²) in [6.07, 6.45) is 2.61. The van der Waals surface area contributed by atoms with Crippen molar-refractivity contribution in [3.05, 3.63) is 34.3 Å². The van der Waals surface area contributed by atoms with Crippen LogP contribution in [0.2, 0.25) is 0 Å². The van der Waals surface area contributed by atoms with Gasteiger partial charge in [-0.3, -0.25) is 4.99 Å². The third-order valence-corrected chi connectivity index (χ3v) is 4.60. The van der Waals surface area contributed by atoms with Gasteiger partial charge in [0.15, 0.2) is 5.96 Å². The van der Waals surface area contributed by atoms with Crippen LogP contribution in [0.4, 0.5) is 0 Å². The molecule has 1 heterocycles. The summed E-state index contributed by atoms with van der Waals surface area (Å²) in [7, 11) is 1.80. The molecule has 1 aliphatic heterocycles. The van der Waals surface area contributed by atoms with Gasteiger partial charge in [-0.2, -0.15) is 0 Å². The maximum absolute atomic E-state index is 5.62. The van der Waals surface area contributed by atoms with Crippen LogP contribution >= 0.6 is 39.9 Å². The van der Waals surface area contributed by atoms with Gasteiger partial charge < -0.3 is 15.4 Å². The van der Waals surface area contributed by atoms with E-state index < -0.39 is 0 Å². The van der Waals surface area contributed by atoms with Crippen LogP contribution in [0.25, 0.3) is 0 Å². The Balaban J connectivity index is 0.00000264. The average Bonchev–Trinajstić information content (AvgIpc) is 3.01. The van der Waals surface area contributed by atoms with Gasteiger partial charge in [0.2, 0.25) is 0 Å². The highest BCUT2D eigenvalue weighted by molar-refractivity contribution is 14.0. The second-order valence-electron chi connectivity index (χ2n) is 6.33. The van der Waals surface area contributed by atoms with Gasteiger partial charge in [-0.05, 0) is 30.5 Å². The van der Waals surface area contributed by atoms with Gasteiger partial charge in [0.25, 0.3) is 0 Å². The molecule has 4 nitrogen and oxygen atoms in total. The lowest BCUT2D eigenvalue weighted by atomic mass is 9.85. The zero-order valence-electron chi connectivity index (χ0n) is 14.1. The van der Waals surface area contributed by atoms with Gasteiger partial charge in [-0.1, -0.05) is 41.9 Å². The van der Waals surface area contributed by atoms with Crippen molar-refractivity contribution in [3.8, 4) is 0 Å². The summed E-state index contributed by atoms with van der Waals surface area (Å²) < 4.78 is 6.73. The monoisotopic (exact) mass is 495 g/mol. The molecule has 1 unspecified atom stereocenters. The predicted octanol–water partition coefficient (Wildman–Crippen LogP) is 3.69. The topological polar surface area (TPSA) is 45.7 Å². The number of aliphatic imine (C=N–C) groups is 1. The predicted molar refractivity (Wildman–Crippen MR) is 111 cm³/mol. The molecule has 23 heavy (non-hydrogen) atoms. The Bertz CT molecular complexity index is 499. The Hall–Kier alpha value is -0.340. The summed E-state index contributed by atoms with van der Waals surface area (Å²) in [5, 5.41) is 6.77. The van der Waals surface area contributed by atoms with Gasteiger partial charge >= 0.3 is 0 Å². The van der Waals surface area contributed by atoms with E-state index in [0.717, 1.165) is 43.0 Å². The third-order valence-electron chi connectivity index (χ3n) is 4.07. The van der Waals surface area contributed by atoms with E-state index in [4.69, 9.17) is 4.74 Å². The standard InChI is InChI=1S/C17H26BrN3O.HI/c1-17(2,13-6-8-14(18)9-7-13)12-21-16(19-3)20-11-15-5-4-10-22-15;/h6-9,15H,4-5,10-12H2,1-3H3,(H2,19,20,21);1H. The zero-order chi connectivity index (χ0) is 16.0. The molecule has 0 saturated carbocycles. The van der Waals surface area contributed by atoms with E-state index >= 15 is 0 Å². The van der Waals surface area contributed by atoms with Crippen molar-refractivity contribution in [2.24, 2.45) is 4.99 Å². The van der Waals surface area contributed by atoms with E-state index in [9.17, 15) is 0 Å². The van der Waals surface area contributed by atoms with E-state index in [2.05, 4.69) is 69.7 Å². The number of benzene rings is 1. The van der Waals surface area contributed by atoms with E-state index in [1.54, 1.807) is 7.05 Å². The number of ether oxygens (including phenoxy) is 1. The second-order valence-corrected chi connectivity index (χ2v) is 7.25. The van der Waals surface area contributed by atoms with Crippen molar-refractivity contribution in [2.45, 2.75) is 38.2 Å². The highest BCUT2D eigenvalue weighted by Crippen LogP contribution is 2.24. The highest BCUT2D eigenvalue weighted by Gasteiger charge is 2.21. The number of hydrogen-bond donors (Lipinski definition) is 2. The normalized spacial score (nSPS) is 18.4. The third kappa shape index (κ3) is 6.58. The second kappa shape index (κ2) is 9.84. The maximum atomic E-state index is 5.62. The zero-order valence-corrected chi connectivity index (χ0v) is 18.0. The Kier molecular flexibility index (Phi) is 8.85. The number of hydrogen-bond acceptors (Lipinski definition) is 2. The SMILES string of the molecule is CN=C(NCC1CCCO1)NCC(C)(C)c1ccc(Br)cc1.I. The first-order valence-electron chi connectivity index (χ1n) is 7.83. The maximum Gasteiger partial charge on any atom is 0.191 e. The van der Waals surface area contributed by atoms with Gasteiger partial charge in [0.05, 0.1) is 6.10 Å². The molecule has 1 aromatic carbocycles. The van der Waals surface area contributed by atoms with Crippen molar-refractivity contribution >= 4 is 45.9 Å². The molecule has 1 aromatic rings. The van der Waals surface area contributed by atoms with Crippen molar-refractivity contribution in [3.63, 3.8) is 0 Å². The Morgan fingerprint density at radius 2 is 2.00 bits per heavy atom. The van der Waals surface area contributed by atoms with E-state index in [0.29, 0.717) is 6.10 Å².